The highest BCUT2D eigenvalue weighted by atomic mass is 16.4. The van der Waals surface area contributed by atoms with Crippen LogP contribution in [0.2, 0.25) is 0 Å². The van der Waals surface area contributed by atoms with E-state index in [2.05, 4.69) is 0 Å². The van der Waals surface area contributed by atoms with Crippen molar-refractivity contribution >= 4 is 5.97 Å². The standard InChI is InChI=1S/C10H20NO2/c1-6-9(10(12)13)11(7(2)3)8(4)5/h7-9H,6H2,1-5H3. The van der Waals surface area contributed by atoms with Crippen molar-refractivity contribution in [1.29, 1.82) is 0 Å². The van der Waals surface area contributed by atoms with Gasteiger partial charge in [0.1, 0.15) is 6.04 Å². The molecule has 1 radical (unpaired) electrons. The molecule has 0 aliphatic carbocycles. The molecule has 1 unspecified atom stereocenters. The topological polar surface area (TPSA) is 40.2 Å². The third-order valence-corrected chi connectivity index (χ3v) is 2.21. The van der Waals surface area contributed by atoms with Crippen LogP contribution in [0, 0.1) is 0 Å². The highest BCUT2D eigenvalue weighted by molar-refractivity contribution is 5.73. The molecule has 0 N–H and O–H groups in total. The summed E-state index contributed by atoms with van der Waals surface area (Å²) in [6.45, 7) is 9.90. The van der Waals surface area contributed by atoms with Gasteiger partial charge in [0.05, 0.1) is 0 Å². The maximum atomic E-state index is 10.8. The molecule has 0 saturated heterocycles. The SMILES string of the molecule is CCC(C([O])=O)N(C(C)C)C(C)C. The van der Waals surface area contributed by atoms with Crippen LogP contribution < -0.4 is 0 Å². The van der Waals surface area contributed by atoms with E-state index in [1.165, 1.54) is 0 Å². The van der Waals surface area contributed by atoms with Crippen molar-refractivity contribution in [2.75, 3.05) is 0 Å². The molecule has 0 saturated carbocycles. The summed E-state index contributed by atoms with van der Waals surface area (Å²) in [5, 5.41) is 10.8. The van der Waals surface area contributed by atoms with E-state index in [9.17, 15) is 9.90 Å². The van der Waals surface area contributed by atoms with Gasteiger partial charge in [0.15, 0.2) is 0 Å². The van der Waals surface area contributed by atoms with E-state index in [-0.39, 0.29) is 12.1 Å². The zero-order valence-electron chi connectivity index (χ0n) is 9.20. The van der Waals surface area contributed by atoms with Crippen LogP contribution in [0.3, 0.4) is 0 Å². The Morgan fingerprint density at radius 2 is 1.54 bits per heavy atom. The molecular weight excluding hydrogens is 166 g/mol. The summed E-state index contributed by atoms with van der Waals surface area (Å²) in [5.41, 5.74) is 0. The second kappa shape index (κ2) is 5.22. The third kappa shape index (κ3) is 3.35. The summed E-state index contributed by atoms with van der Waals surface area (Å²) in [7, 11) is 0. The van der Waals surface area contributed by atoms with Gasteiger partial charge in [-0.05, 0) is 34.1 Å². The number of hydrogen-bond donors (Lipinski definition) is 0. The summed E-state index contributed by atoms with van der Waals surface area (Å²) in [6, 6.07) is 0.0192. The van der Waals surface area contributed by atoms with Crippen molar-refractivity contribution in [1.82, 2.24) is 4.90 Å². The van der Waals surface area contributed by atoms with E-state index in [1.807, 2.05) is 39.5 Å². The van der Waals surface area contributed by atoms with E-state index in [0.29, 0.717) is 6.42 Å². The van der Waals surface area contributed by atoms with Crippen LogP contribution >= 0.6 is 0 Å². The van der Waals surface area contributed by atoms with Crippen molar-refractivity contribution in [3.8, 4) is 0 Å². The van der Waals surface area contributed by atoms with Gasteiger partial charge >= 0.3 is 5.97 Å². The maximum absolute atomic E-state index is 10.8. The Balaban J connectivity index is 4.59. The zero-order chi connectivity index (χ0) is 10.6. The van der Waals surface area contributed by atoms with Gasteiger partial charge in [-0.15, -0.1) is 0 Å². The minimum absolute atomic E-state index is 0.239. The van der Waals surface area contributed by atoms with Crippen molar-refractivity contribution in [3.05, 3.63) is 0 Å². The Kier molecular flexibility index (Phi) is 4.99. The van der Waals surface area contributed by atoms with Crippen molar-refractivity contribution in [2.24, 2.45) is 0 Å². The minimum Gasteiger partial charge on any atom is -0.285 e. The first kappa shape index (κ1) is 12.4. The lowest BCUT2D eigenvalue weighted by atomic mass is 10.1. The average molecular weight is 186 g/mol. The van der Waals surface area contributed by atoms with Gasteiger partial charge in [0, 0.05) is 12.1 Å². The van der Waals surface area contributed by atoms with Gasteiger partial charge in [0.2, 0.25) is 0 Å². The summed E-state index contributed by atoms with van der Waals surface area (Å²) in [5.74, 6) is -0.968. The van der Waals surface area contributed by atoms with Crippen LogP contribution in [0.4, 0.5) is 0 Å². The fourth-order valence-electron chi connectivity index (χ4n) is 1.82. The molecule has 0 fully saturated rings. The summed E-state index contributed by atoms with van der Waals surface area (Å²) >= 11 is 0. The van der Waals surface area contributed by atoms with E-state index < -0.39 is 12.0 Å². The van der Waals surface area contributed by atoms with Crippen molar-refractivity contribution < 1.29 is 9.90 Å². The maximum Gasteiger partial charge on any atom is 0.372 e. The molecule has 3 nitrogen and oxygen atoms in total. The number of carbonyl (C=O) groups excluding carboxylic acids is 1. The molecule has 0 rings (SSSR count). The molecular formula is C10H20NO2. The quantitative estimate of drug-likeness (QED) is 0.657. The molecule has 13 heavy (non-hydrogen) atoms. The third-order valence-electron chi connectivity index (χ3n) is 2.21. The molecule has 0 aromatic heterocycles. The first-order chi connectivity index (χ1) is 5.91. The van der Waals surface area contributed by atoms with E-state index in [1.54, 1.807) is 0 Å². The fourth-order valence-corrected chi connectivity index (χ4v) is 1.82. The van der Waals surface area contributed by atoms with Crippen LogP contribution in [0.15, 0.2) is 0 Å². The Bertz CT molecular complexity index is 158. The van der Waals surface area contributed by atoms with E-state index in [4.69, 9.17) is 0 Å². The second-order valence-electron chi connectivity index (χ2n) is 3.88. The predicted octanol–water partition coefficient (Wildman–Crippen LogP) is 1.84. The van der Waals surface area contributed by atoms with Crippen LogP contribution in [0.1, 0.15) is 41.0 Å². The molecule has 0 heterocycles. The van der Waals surface area contributed by atoms with Gasteiger partial charge < -0.3 is 0 Å². The smallest absolute Gasteiger partial charge is 0.285 e. The highest BCUT2D eigenvalue weighted by Gasteiger charge is 2.28. The number of rotatable bonds is 5. The van der Waals surface area contributed by atoms with Crippen LogP contribution in [0.5, 0.6) is 0 Å². The summed E-state index contributed by atoms with van der Waals surface area (Å²) in [6.07, 6.45) is 0.596. The van der Waals surface area contributed by atoms with Crippen LogP contribution in [-0.4, -0.2) is 29.0 Å². The molecule has 1 atom stereocenters. The van der Waals surface area contributed by atoms with E-state index >= 15 is 0 Å². The Labute approximate surface area is 80.7 Å². The normalized spacial score (nSPS) is 14.2. The number of hydrogen-bond acceptors (Lipinski definition) is 2. The lowest BCUT2D eigenvalue weighted by molar-refractivity contribution is -0.151. The van der Waals surface area contributed by atoms with Crippen molar-refractivity contribution in [3.63, 3.8) is 0 Å². The molecule has 0 aromatic rings. The molecule has 0 aliphatic heterocycles. The first-order valence-corrected chi connectivity index (χ1v) is 4.90. The largest absolute Gasteiger partial charge is 0.372 e. The first-order valence-electron chi connectivity index (χ1n) is 4.90. The monoisotopic (exact) mass is 186 g/mol. The van der Waals surface area contributed by atoms with Gasteiger partial charge in [-0.2, -0.15) is 0 Å². The average Bonchev–Trinajstić information content (AvgIpc) is 1.97. The Morgan fingerprint density at radius 3 is 1.62 bits per heavy atom. The highest BCUT2D eigenvalue weighted by Crippen LogP contribution is 2.13. The summed E-state index contributed by atoms with van der Waals surface area (Å²) in [4.78, 5) is 12.8. The van der Waals surface area contributed by atoms with Crippen LogP contribution in [0.25, 0.3) is 0 Å². The number of carbonyl (C=O) groups is 1. The van der Waals surface area contributed by atoms with Crippen LogP contribution in [-0.2, 0) is 9.90 Å². The molecule has 77 valence electrons. The second-order valence-corrected chi connectivity index (χ2v) is 3.88. The van der Waals surface area contributed by atoms with Gasteiger partial charge in [-0.25, -0.2) is 9.90 Å². The lowest BCUT2D eigenvalue weighted by Gasteiger charge is -2.34. The van der Waals surface area contributed by atoms with Gasteiger partial charge in [0.25, 0.3) is 0 Å². The molecule has 0 amide bonds. The summed E-state index contributed by atoms with van der Waals surface area (Å²) < 4.78 is 0. The molecule has 0 aromatic carbocycles. The van der Waals surface area contributed by atoms with Crippen molar-refractivity contribution in [2.45, 2.75) is 59.2 Å². The fraction of sp³-hybridized carbons (Fsp3) is 0.900. The molecule has 0 bridgehead atoms. The zero-order valence-corrected chi connectivity index (χ0v) is 9.20. The number of nitrogens with zero attached hydrogens (tertiary/aromatic N) is 1. The van der Waals surface area contributed by atoms with E-state index in [0.717, 1.165) is 0 Å². The molecule has 0 aliphatic rings. The Morgan fingerprint density at radius 1 is 1.15 bits per heavy atom. The van der Waals surface area contributed by atoms with Gasteiger partial charge in [-0.1, -0.05) is 6.92 Å². The Hall–Kier alpha value is -0.570. The minimum atomic E-state index is -0.968. The predicted molar refractivity (Wildman–Crippen MR) is 51.9 cm³/mol. The van der Waals surface area contributed by atoms with Gasteiger partial charge in [-0.3, -0.25) is 4.90 Å². The lowest BCUT2D eigenvalue weighted by Crippen LogP contribution is -2.48. The molecule has 0 spiro atoms. The molecule has 3 heteroatoms.